The third-order valence-corrected chi connectivity index (χ3v) is 6.18. The molecule has 10 nitrogen and oxygen atoms in total. The number of hydrogen-bond acceptors (Lipinski definition) is 7. The Labute approximate surface area is 207 Å². The van der Waals surface area contributed by atoms with Crippen molar-refractivity contribution in [3.05, 3.63) is 12.7 Å². The van der Waals surface area contributed by atoms with Crippen LogP contribution in [0.15, 0.2) is 12.7 Å². The molecule has 0 aromatic heterocycles. The molecule has 0 aromatic rings. The van der Waals surface area contributed by atoms with Gasteiger partial charge < -0.3 is 20.1 Å². The number of amides is 3. The van der Waals surface area contributed by atoms with Crippen LogP contribution in [0.3, 0.4) is 0 Å². The monoisotopic (exact) mass is 493 g/mol. The van der Waals surface area contributed by atoms with E-state index in [0.717, 1.165) is 25.7 Å². The molecule has 2 rings (SSSR count). The largest absolute Gasteiger partial charge is 0.460 e. The highest BCUT2D eigenvalue weighted by atomic mass is 16.6. The van der Waals surface area contributed by atoms with Gasteiger partial charge in [0.1, 0.15) is 24.8 Å². The summed E-state index contributed by atoms with van der Waals surface area (Å²) in [7, 11) is 0. The third kappa shape index (κ3) is 8.07. The smallest absolute Gasteiger partial charge is 0.411 e. The molecule has 3 amide bonds. The lowest BCUT2D eigenvalue weighted by Crippen LogP contribution is -2.55. The van der Waals surface area contributed by atoms with Gasteiger partial charge in [-0.15, -0.1) is 0 Å². The Balaban J connectivity index is 2.10. The average molecular weight is 494 g/mol. The van der Waals surface area contributed by atoms with Crippen molar-refractivity contribution >= 4 is 29.7 Å². The molecule has 1 heterocycles. The lowest BCUT2D eigenvalue weighted by Gasteiger charge is -2.35. The van der Waals surface area contributed by atoms with Crippen LogP contribution in [0, 0.1) is 5.92 Å². The second-order valence-corrected chi connectivity index (χ2v) is 10.1. The molecule has 35 heavy (non-hydrogen) atoms. The molecule has 0 spiro atoms. The van der Waals surface area contributed by atoms with Gasteiger partial charge in [0.15, 0.2) is 0 Å². The van der Waals surface area contributed by atoms with E-state index in [1.54, 1.807) is 20.8 Å². The summed E-state index contributed by atoms with van der Waals surface area (Å²) >= 11 is 0. The number of Topliss-reactive ketones (excluding diaryl/α,β-unsaturated/α-hetero) is 1. The zero-order valence-corrected chi connectivity index (χ0v) is 21.3. The van der Waals surface area contributed by atoms with Gasteiger partial charge in [0.05, 0.1) is 6.04 Å². The number of likely N-dealkylation sites (tertiary alicyclic amines) is 1. The molecule has 0 radical (unpaired) electrons. The first-order valence-electron chi connectivity index (χ1n) is 12.4. The minimum Gasteiger partial charge on any atom is -0.460 e. The zero-order chi connectivity index (χ0) is 26.2. The number of ketones is 1. The van der Waals surface area contributed by atoms with Crippen LogP contribution < -0.4 is 10.6 Å². The number of esters is 1. The number of fused-ring (bicyclic) bond motifs is 1. The molecule has 2 aliphatic rings. The molecule has 1 unspecified atom stereocenters. The summed E-state index contributed by atoms with van der Waals surface area (Å²) in [4.78, 5) is 64.6. The maximum absolute atomic E-state index is 13.3. The number of rotatable bonds is 10. The molecule has 1 saturated heterocycles. The van der Waals surface area contributed by atoms with E-state index < -0.39 is 53.9 Å². The summed E-state index contributed by atoms with van der Waals surface area (Å²) in [5.41, 5.74) is -0.712. The van der Waals surface area contributed by atoms with Crippen molar-refractivity contribution in [3.8, 4) is 0 Å². The SMILES string of the molecule is C=CCOC(=O)CNC(=O)C(=O)C(CCC)NC(=O)[C@@H]1C[C@@H]2CCCC[C@@H]2N1C(=O)OC(C)(C)C. The van der Waals surface area contributed by atoms with Gasteiger partial charge in [0.25, 0.3) is 5.91 Å². The van der Waals surface area contributed by atoms with Crippen LogP contribution in [0.25, 0.3) is 0 Å². The van der Waals surface area contributed by atoms with Crippen molar-refractivity contribution in [1.29, 1.82) is 0 Å². The topological polar surface area (TPSA) is 131 Å². The molecule has 0 bridgehead atoms. The number of ether oxygens (including phenoxy) is 2. The summed E-state index contributed by atoms with van der Waals surface area (Å²) in [5.74, 6) is -2.82. The number of nitrogens with one attached hydrogen (secondary N) is 2. The number of carbonyl (C=O) groups excluding carboxylic acids is 5. The second-order valence-electron chi connectivity index (χ2n) is 10.1. The fraction of sp³-hybridized carbons (Fsp3) is 0.720. The first-order valence-corrected chi connectivity index (χ1v) is 12.4. The predicted molar refractivity (Wildman–Crippen MR) is 128 cm³/mol. The number of carbonyl (C=O) groups is 5. The fourth-order valence-corrected chi connectivity index (χ4v) is 4.70. The first kappa shape index (κ1) is 28.3. The van der Waals surface area contributed by atoms with Gasteiger partial charge in [-0.05, 0) is 52.4 Å². The van der Waals surface area contributed by atoms with Gasteiger partial charge in [-0.2, -0.15) is 0 Å². The van der Waals surface area contributed by atoms with Crippen molar-refractivity contribution in [2.75, 3.05) is 13.2 Å². The number of hydrogen-bond donors (Lipinski definition) is 2. The Kier molecular flexibility index (Phi) is 10.3. The van der Waals surface area contributed by atoms with Crippen molar-refractivity contribution in [2.24, 2.45) is 5.92 Å². The van der Waals surface area contributed by atoms with E-state index in [0.29, 0.717) is 12.8 Å². The van der Waals surface area contributed by atoms with E-state index in [2.05, 4.69) is 17.2 Å². The Bertz CT molecular complexity index is 820. The molecular formula is C25H39N3O7. The Morgan fingerprint density at radius 3 is 2.46 bits per heavy atom. The van der Waals surface area contributed by atoms with Crippen molar-refractivity contribution in [2.45, 2.75) is 96.4 Å². The maximum atomic E-state index is 13.3. The molecule has 196 valence electrons. The summed E-state index contributed by atoms with van der Waals surface area (Å²) in [6.07, 6.45) is 5.86. The Morgan fingerprint density at radius 2 is 1.83 bits per heavy atom. The van der Waals surface area contributed by atoms with E-state index >= 15 is 0 Å². The van der Waals surface area contributed by atoms with Crippen LogP contribution in [0.4, 0.5) is 4.79 Å². The van der Waals surface area contributed by atoms with Crippen molar-refractivity contribution in [3.63, 3.8) is 0 Å². The lowest BCUT2D eigenvalue weighted by molar-refractivity contribution is -0.145. The van der Waals surface area contributed by atoms with Crippen LogP contribution in [0.5, 0.6) is 0 Å². The summed E-state index contributed by atoms with van der Waals surface area (Å²) in [6.45, 7) is 10.1. The van der Waals surface area contributed by atoms with Crippen LogP contribution in [0.2, 0.25) is 0 Å². The van der Waals surface area contributed by atoms with Crippen LogP contribution in [-0.4, -0.2) is 71.4 Å². The molecule has 2 fully saturated rings. The van der Waals surface area contributed by atoms with Crippen LogP contribution in [-0.2, 0) is 28.7 Å². The quantitative estimate of drug-likeness (QED) is 0.271. The third-order valence-electron chi connectivity index (χ3n) is 6.18. The van der Waals surface area contributed by atoms with Gasteiger partial charge in [-0.25, -0.2) is 4.79 Å². The van der Waals surface area contributed by atoms with E-state index in [4.69, 9.17) is 9.47 Å². The highest BCUT2D eigenvalue weighted by Crippen LogP contribution is 2.40. The van der Waals surface area contributed by atoms with Crippen molar-refractivity contribution in [1.82, 2.24) is 15.5 Å². The lowest BCUT2D eigenvalue weighted by atomic mass is 9.85. The molecule has 0 aromatic carbocycles. The normalized spacial score (nSPS) is 22.4. The van der Waals surface area contributed by atoms with E-state index in [-0.39, 0.29) is 25.0 Å². The molecule has 1 aliphatic heterocycles. The molecule has 10 heteroatoms. The second kappa shape index (κ2) is 12.7. The van der Waals surface area contributed by atoms with E-state index in [9.17, 15) is 24.0 Å². The highest BCUT2D eigenvalue weighted by molar-refractivity contribution is 6.38. The molecule has 1 aliphatic carbocycles. The first-order chi connectivity index (χ1) is 16.5. The predicted octanol–water partition coefficient (Wildman–Crippen LogP) is 2.25. The molecule has 1 saturated carbocycles. The summed E-state index contributed by atoms with van der Waals surface area (Å²) < 4.78 is 10.4. The van der Waals surface area contributed by atoms with Gasteiger partial charge >= 0.3 is 12.1 Å². The number of nitrogens with zero attached hydrogens (tertiary/aromatic N) is 1. The fourth-order valence-electron chi connectivity index (χ4n) is 4.70. The van der Waals surface area contributed by atoms with Gasteiger partial charge in [-0.1, -0.05) is 38.8 Å². The molecule has 2 N–H and O–H groups in total. The van der Waals surface area contributed by atoms with Crippen LogP contribution in [0.1, 0.15) is 72.6 Å². The minimum atomic E-state index is -1.07. The van der Waals surface area contributed by atoms with Gasteiger partial charge in [0.2, 0.25) is 11.7 Å². The van der Waals surface area contributed by atoms with Gasteiger partial charge in [-0.3, -0.25) is 24.1 Å². The summed E-state index contributed by atoms with van der Waals surface area (Å²) in [5, 5.41) is 4.92. The average Bonchev–Trinajstić information content (AvgIpc) is 3.19. The minimum absolute atomic E-state index is 0.00527. The molecule has 4 atom stereocenters. The van der Waals surface area contributed by atoms with Crippen molar-refractivity contribution < 1.29 is 33.4 Å². The van der Waals surface area contributed by atoms with Crippen LogP contribution >= 0.6 is 0 Å². The Hall–Kier alpha value is -2.91. The standard InChI is InChI=1S/C25H39N3O7/c1-6-10-17(21(30)23(32)26-15-20(29)34-13-7-2)27-22(31)19-14-16-11-8-9-12-18(16)28(19)24(33)35-25(3,4)5/h7,16-19H,2,6,8-15H2,1,3-5H3,(H,26,32)(H,27,31)/t16-,17?,18-,19-/m0/s1. The van der Waals surface area contributed by atoms with E-state index in [1.165, 1.54) is 11.0 Å². The highest BCUT2D eigenvalue weighted by Gasteiger charge is 2.49. The van der Waals surface area contributed by atoms with E-state index in [1.807, 2.05) is 6.92 Å². The summed E-state index contributed by atoms with van der Waals surface area (Å²) in [6, 6.07) is -1.93. The molecular weight excluding hydrogens is 454 g/mol. The Morgan fingerprint density at radius 1 is 1.14 bits per heavy atom. The van der Waals surface area contributed by atoms with Gasteiger partial charge in [0, 0.05) is 6.04 Å². The maximum Gasteiger partial charge on any atom is 0.411 e. The zero-order valence-electron chi connectivity index (χ0n) is 21.3.